The molecule has 0 aliphatic carbocycles. The van der Waals surface area contributed by atoms with Crippen LogP contribution in [-0.4, -0.2) is 130 Å². The number of phenolic OH excluding ortho intramolecular Hbond substituents is 1. The predicted octanol–water partition coefficient (Wildman–Crippen LogP) is -3.53. The number of aromatic hydroxyl groups is 1. The zero-order valence-electron chi connectivity index (χ0n) is 24.8. The summed E-state index contributed by atoms with van der Waals surface area (Å²) in [5, 5.41) is 48.6. The summed E-state index contributed by atoms with van der Waals surface area (Å²) in [6.07, 6.45) is -1.16. The van der Waals surface area contributed by atoms with Gasteiger partial charge in [-0.05, 0) is 37.8 Å². The third-order valence-corrected chi connectivity index (χ3v) is 6.71. The molecule has 1 aromatic rings. The SMILES string of the molecule is N[C@@H](OCC(=O)c1ccccc1O)C(=O)N[C@@H](CO)C(=O)N[C@H](CCCN(O)C=O)C(=O)NCCC(=O)N[C@@H]1CCCN(O)C1=O. The Balaban J connectivity index is 1.92. The van der Waals surface area contributed by atoms with Gasteiger partial charge in [-0.25, -0.2) is 10.1 Å². The first-order chi connectivity index (χ1) is 21.9. The van der Waals surface area contributed by atoms with Crippen molar-refractivity contribution in [3.63, 3.8) is 0 Å². The van der Waals surface area contributed by atoms with Crippen LogP contribution in [0.5, 0.6) is 5.75 Å². The van der Waals surface area contributed by atoms with E-state index in [2.05, 4.69) is 21.3 Å². The number of hydroxylamine groups is 4. The third-order valence-electron chi connectivity index (χ3n) is 6.71. The summed E-state index contributed by atoms with van der Waals surface area (Å²) < 4.78 is 5.03. The molecule has 4 atom stereocenters. The second kappa shape index (κ2) is 19.0. The fourth-order valence-corrected chi connectivity index (χ4v) is 4.21. The van der Waals surface area contributed by atoms with E-state index in [9.17, 15) is 54.2 Å². The molecule has 0 saturated carbocycles. The van der Waals surface area contributed by atoms with Crippen LogP contribution in [0.15, 0.2) is 24.3 Å². The number of ether oxygens (including phenoxy) is 1. The van der Waals surface area contributed by atoms with E-state index in [0.29, 0.717) is 23.0 Å². The van der Waals surface area contributed by atoms with Gasteiger partial charge in [0.1, 0.15) is 30.5 Å². The van der Waals surface area contributed by atoms with Crippen LogP contribution in [0.25, 0.3) is 0 Å². The Kier molecular flexibility index (Phi) is 15.5. The lowest BCUT2D eigenvalue weighted by atomic mass is 10.1. The van der Waals surface area contributed by atoms with Crippen LogP contribution >= 0.6 is 0 Å². The number of amides is 6. The van der Waals surface area contributed by atoms with Crippen molar-refractivity contribution in [2.45, 2.75) is 56.5 Å². The topological polar surface area (TPSA) is 290 Å². The molecule has 2 rings (SSSR count). The molecule has 46 heavy (non-hydrogen) atoms. The van der Waals surface area contributed by atoms with E-state index in [4.69, 9.17) is 10.5 Å². The van der Waals surface area contributed by atoms with Gasteiger partial charge in [-0.15, -0.1) is 0 Å². The summed E-state index contributed by atoms with van der Waals surface area (Å²) in [7, 11) is 0. The first-order valence-corrected chi connectivity index (χ1v) is 14.3. The van der Waals surface area contributed by atoms with Gasteiger partial charge in [0.25, 0.3) is 11.8 Å². The van der Waals surface area contributed by atoms with Gasteiger partial charge in [-0.2, -0.15) is 0 Å². The van der Waals surface area contributed by atoms with Crippen molar-refractivity contribution >= 4 is 41.7 Å². The molecular weight excluding hydrogens is 614 g/mol. The number of hydrogen-bond acceptors (Lipinski definition) is 13. The summed E-state index contributed by atoms with van der Waals surface area (Å²) >= 11 is 0. The number of aliphatic hydroxyl groups excluding tert-OH is 1. The maximum absolute atomic E-state index is 12.9. The van der Waals surface area contributed by atoms with Crippen LogP contribution in [0.1, 0.15) is 42.5 Å². The molecule has 6 amide bonds. The van der Waals surface area contributed by atoms with Crippen molar-refractivity contribution in [3.8, 4) is 5.75 Å². The van der Waals surface area contributed by atoms with Gasteiger partial charge in [0.15, 0.2) is 12.0 Å². The molecule has 10 N–H and O–H groups in total. The smallest absolute Gasteiger partial charge is 0.268 e. The Bertz CT molecular complexity index is 1250. The minimum atomic E-state index is -1.76. The molecule has 0 radical (unpaired) electrons. The number of Topliss-reactive ketones (excluding diaryl/α,β-unsaturated/α-hetero) is 1. The van der Waals surface area contributed by atoms with E-state index in [-0.39, 0.29) is 56.6 Å². The number of nitrogens with zero attached hydrogens (tertiary/aromatic N) is 2. The number of rotatable bonds is 19. The van der Waals surface area contributed by atoms with E-state index < -0.39 is 72.9 Å². The van der Waals surface area contributed by atoms with E-state index in [0.717, 1.165) is 0 Å². The molecule has 19 nitrogen and oxygen atoms in total. The van der Waals surface area contributed by atoms with Crippen molar-refractivity contribution in [1.29, 1.82) is 0 Å². The van der Waals surface area contributed by atoms with Crippen LogP contribution in [-0.2, 0) is 33.5 Å². The standard InChI is InChI=1S/C27H39N7O12/c28-23(46-14-21(38)16-5-1-2-8-20(16)37)26(42)32-19(13-35)25(41)31-17(6-3-11-33(44)15-36)24(40)29-10-9-22(39)30-18-7-4-12-34(45)27(18)43/h1-2,5,8,15,17-19,23,35,37,44-45H,3-4,6-7,9-14,28H2,(H,29,40)(H,30,39)(H,31,41)(H,32,42)/t17-,18-,19+,23+/m1/s1. The Morgan fingerprint density at radius 2 is 1.80 bits per heavy atom. The minimum Gasteiger partial charge on any atom is -0.507 e. The minimum absolute atomic E-state index is 0.0232. The van der Waals surface area contributed by atoms with E-state index in [1.54, 1.807) is 0 Å². The lowest BCUT2D eigenvalue weighted by molar-refractivity contribution is -0.173. The summed E-state index contributed by atoms with van der Waals surface area (Å²) in [6, 6.07) is 1.77. The van der Waals surface area contributed by atoms with Crippen molar-refractivity contribution in [1.82, 2.24) is 31.4 Å². The van der Waals surface area contributed by atoms with Crippen molar-refractivity contribution in [2.24, 2.45) is 5.73 Å². The van der Waals surface area contributed by atoms with Crippen molar-refractivity contribution < 1.29 is 58.9 Å². The number of benzene rings is 1. The molecule has 1 fully saturated rings. The van der Waals surface area contributed by atoms with Crippen molar-refractivity contribution in [3.05, 3.63) is 29.8 Å². The maximum atomic E-state index is 12.9. The fraction of sp³-hybridized carbons (Fsp3) is 0.519. The highest BCUT2D eigenvalue weighted by Crippen LogP contribution is 2.16. The summed E-state index contributed by atoms with van der Waals surface area (Å²) in [6.45, 7) is -1.89. The van der Waals surface area contributed by atoms with E-state index in [1.807, 2.05) is 0 Å². The van der Waals surface area contributed by atoms with Gasteiger partial charge in [0.2, 0.25) is 24.1 Å². The maximum Gasteiger partial charge on any atom is 0.268 e. The number of phenols is 1. The molecular formula is C27H39N7O12. The largest absolute Gasteiger partial charge is 0.507 e. The van der Waals surface area contributed by atoms with E-state index >= 15 is 0 Å². The zero-order valence-corrected chi connectivity index (χ0v) is 24.8. The molecule has 1 aromatic carbocycles. The molecule has 254 valence electrons. The van der Waals surface area contributed by atoms with Crippen LogP contribution in [0.3, 0.4) is 0 Å². The monoisotopic (exact) mass is 653 g/mol. The molecule has 0 aromatic heterocycles. The number of piperidine rings is 1. The van der Waals surface area contributed by atoms with Gasteiger partial charge in [-0.3, -0.25) is 49.7 Å². The molecule has 0 spiro atoms. The van der Waals surface area contributed by atoms with Crippen LogP contribution in [0, 0.1) is 0 Å². The van der Waals surface area contributed by atoms with Gasteiger partial charge in [0.05, 0.1) is 12.2 Å². The highest BCUT2D eigenvalue weighted by atomic mass is 16.5. The number of ketones is 1. The summed E-state index contributed by atoms with van der Waals surface area (Å²) in [4.78, 5) is 85.4. The average Bonchev–Trinajstić information content (AvgIpc) is 3.03. The lowest BCUT2D eigenvalue weighted by Crippen LogP contribution is -2.57. The first-order valence-electron chi connectivity index (χ1n) is 14.3. The number of carbonyl (C=O) groups excluding carboxylic acids is 7. The molecule has 1 heterocycles. The highest BCUT2D eigenvalue weighted by molar-refractivity contribution is 5.99. The molecule has 0 unspecified atom stereocenters. The molecule has 0 bridgehead atoms. The normalized spacial score (nSPS) is 16.4. The first kappa shape index (κ1) is 37.5. The number of para-hydroxylation sites is 1. The zero-order chi connectivity index (χ0) is 34.2. The van der Waals surface area contributed by atoms with Crippen LogP contribution in [0.4, 0.5) is 0 Å². The third kappa shape index (κ3) is 12.0. The van der Waals surface area contributed by atoms with Gasteiger partial charge in [-0.1, -0.05) is 12.1 Å². The number of hydrogen-bond donors (Lipinski definition) is 9. The van der Waals surface area contributed by atoms with Crippen molar-refractivity contribution in [2.75, 3.05) is 32.8 Å². The fourth-order valence-electron chi connectivity index (χ4n) is 4.21. The second-order valence-corrected chi connectivity index (χ2v) is 10.2. The Morgan fingerprint density at radius 3 is 2.48 bits per heavy atom. The average molecular weight is 654 g/mol. The Morgan fingerprint density at radius 1 is 1.11 bits per heavy atom. The molecule has 1 saturated heterocycles. The van der Waals surface area contributed by atoms with Crippen LogP contribution in [0.2, 0.25) is 0 Å². The number of aliphatic hydroxyl groups is 1. The quantitative estimate of drug-likeness (QED) is 0.0230. The molecule has 19 heteroatoms. The highest BCUT2D eigenvalue weighted by Gasteiger charge is 2.30. The van der Waals surface area contributed by atoms with Gasteiger partial charge >= 0.3 is 0 Å². The second-order valence-electron chi connectivity index (χ2n) is 10.2. The molecule has 1 aliphatic heterocycles. The number of carbonyl (C=O) groups is 7. The lowest BCUT2D eigenvalue weighted by Gasteiger charge is -2.27. The van der Waals surface area contributed by atoms with Crippen LogP contribution < -0.4 is 27.0 Å². The summed E-state index contributed by atoms with van der Waals surface area (Å²) in [5.74, 6) is -5.11. The molecule has 1 aliphatic rings. The van der Waals surface area contributed by atoms with Gasteiger partial charge in [0, 0.05) is 26.1 Å². The summed E-state index contributed by atoms with van der Waals surface area (Å²) in [5.41, 5.74) is 5.58. The number of nitrogens with two attached hydrogens (primary N) is 1. The van der Waals surface area contributed by atoms with Gasteiger partial charge < -0.3 is 36.2 Å². The predicted molar refractivity (Wildman–Crippen MR) is 153 cm³/mol. The Labute approximate surface area is 262 Å². The van der Waals surface area contributed by atoms with E-state index in [1.165, 1.54) is 24.3 Å². The Hall–Kier alpha value is -4.69. The number of nitrogens with one attached hydrogen (secondary N) is 4.